The van der Waals surface area contributed by atoms with Crippen molar-refractivity contribution < 1.29 is 43.1 Å². The molecule has 5 rings (SSSR count). The number of nitrogens with zero attached hydrogens (tertiary/aromatic N) is 1. The first-order valence-corrected chi connectivity index (χ1v) is 15.1. The molecule has 0 aliphatic carbocycles. The van der Waals surface area contributed by atoms with E-state index in [9.17, 15) is 19.2 Å². The van der Waals surface area contributed by atoms with Crippen molar-refractivity contribution in [2.45, 2.75) is 43.0 Å². The molecule has 0 unspecified atom stereocenters. The molecule has 0 bridgehead atoms. The van der Waals surface area contributed by atoms with Gasteiger partial charge in [0.15, 0.2) is 12.3 Å². The van der Waals surface area contributed by atoms with Crippen molar-refractivity contribution >= 4 is 11.9 Å². The van der Waals surface area contributed by atoms with E-state index >= 15 is 0 Å². The number of carboxylic acid groups (broad SMARTS) is 1. The Morgan fingerprint density at radius 3 is 1.92 bits per heavy atom. The lowest BCUT2D eigenvalue weighted by atomic mass is 9.80. The Labute approximate surface area is 275 Å². The Morgan fingerprint density at radius 1 is 0.812 bits per heavy atom. The van der Waals surface area contributed by atoms with Gasteiger partial charge in [-0.05, 0) is 41.0 Å². The van der Waals surface area contributed by atoms with Gasteiger partial charge in [0, 0.05) is 19.4 Å². The summed E-state index contributed by atoms with van der Waals surface area (Å²) in [5, 5.41) is 9.12. The molecule has 2 N–H and O–H groups in total. The van der Waals surface area contributed by atoms with Crippen LogP contribution in [0.1, 0.15) is 35.8 Å². The molecule has 1 aromatic heterocycles. The monoisotopic (exact) mass is 660 g/mol. The van der Waals surface area contributed by atoms with Gasteiger partial charge in [-0.2, -0.15) is 0 Å². The fourth-order valence-electron chi connectivity index (χ4n) is 5.79. The number of rotatable bonds is 14. The summed E-state index contributed by atoms with van der Waals surface area (Å²) in [5.41, 5.74) is -0.372. The number of methoxy groups -OCH3 is 3. The number of aliphatic carboxylic acids is 1. The molecule has 0 saturated carbocycles. The van der Waals surface area contributed by atoms with Crippen LogP contribution in [0.15, 0.2) is 101 Å². The molecule has 0 radical (unpaired) electrons. The van der Waals surface area contributed by atoms with Crippen molar-refractivity contribution in [1.29, 1.82) is 0 Å². The molecule has 1 aliphatic heterocycles. The average Bonchev–Trinajstić information content (AvgIpc) is 3.44. The van der Waals surface area contributed by atoms with Crippen molar-refractivity contribution in [2.24, 2.45) is 0 Å². The van der Waals surface area contributed by atoms with E-state index in [1.54, 1.807) is 14.2 Å². The zero-order valence-electron chi connectivity index (χ0n) is 26.6. The summed E-state index contributed by atoms with van der Waals surface area (Å²) in [6, 6.07) is 25.5. The predicted octanol–water partition coefficient (Wildman–Crippen LogP) is 3.25. The van der Waals surface area contributed by atoms with Crippen LogP contribution in [0.25, 0.3) is 0 Å². The van der Waals surface area contributed by atoms with Gasteiger partial charge in [-0.3, -0.25) is 23.9 Å². The average molecular weight is 661 g/mol. The zero-order chi connectivity index (χ0) is 34.3. The van der Waals surface area contributed by atoms with E-state index in [0.717, 1.165) is 27.3 Å². The number of benzene rings is 3. The van der Waals surface area contributed by atoms with Gasteiger partial charge >= 0.3 is 17.6 Å². The lowest BCUT2D eigenvalue weighted by molar-refractivity contribution is -0.161. The Hall–Kier alpha value is -5.24. The molecular formula is C35H36N2O11. The Balaban J connectivity index is 1.60. The molecule has 252 valence electrons. The van der Waals surface area contributed by atoms with Crippen molar-refractivity contribution in [2.75, 3.05) is 27.9 Å². The molecule has 1 fully saturated rings. The minimum atomic E-state index is -1.25. The molecule has 4 atom stereocenters. The van der Waals surface area contributed by atoms with Crippen molar-refractivity contribution in [3.8, 4) is 11.5 Å². The number of hydrogen-bond donors (Lipinski definition) is 2. The number of aromatic nitrogens is 2. The smallest absolute Gasteiger partial charge is 0.330 e. The van der Waals surface area contributed by atoms with E-state index < -0.39 is 66.2 Å². The highest BCUT2D eigenvalue weighted by Gasteiger charge is 2.50. The van der Waals surface area contributed by atoms with E-state index in [4.69, 9.17) is 33.5 Å². The van der Waals surface area contributed by atoms with Gasteiger partial charge in [0.05, 0.1) is 33.7 Å². The topological polar surface area (TPSA) is 165 Å². The molecule has 0 spiro atoms. The largest absolute Gasteiger partial charge is 0.497 e. The maximum atomic E-state index is 12.9. The van der Waals surface area contributed by atoms with Crippen molar-refractivity contribution in [3.05, 3.63) is 129 Å². The number of carbonyl (C=O) groups is 2. The Bertz CT molecular complexity index is 1760. The van der Waals surface area contributed by atoms with Gasteiger partial charge < -0.3 is 33.5 Å². The highest BCUT2D eigenvalue weighted by molar-refractivity contribution is 5.76. The van der Waals surface area contributed by atoms with Crippen LogP contribution in [0.5, 0.6) is 11.5 Å². The first-order valence-electron chi connectivity index (χ1n) is 15.1. The summed E-state index contributed by atoms with van der Waals surface area (Å²) in [7, 11) is 4.51. The van der Waals surface area contributed by atoms with Crippen LogP contribution in [0, 0.1) is 0 Å². The standard InChI is InChI=1S/C35H36N2O11/c1-43-25-13-9-23(10-14-25)35(22-7-5-4-6-8-22,24-11-15-26(44-2)16-12-24)46-21-27-31(48-30(41)18-17-29(39)40)32(45-3)33(47-27)37-20-19-28(38)36-34(37)42/h4-16,19-20,27,31-33H,17-18,21H2,1-3H3,(H,39,40)(H,36,38,42)/t27-,31-,32-,33-/m1/s1. The Morgan fingerprint density at radius 2 is 1.40 bits per heavy atom. The minimum Gasteiger partial charge on any atom is -0.497 e. The summed E-state index contributed by atoms with van der Waals surface area (Å²) < 4.78 is 36.8. The van der Waals surface area contributed by atoms with Gasteiger partial charge in [0.25, 0.3) is 5.56 Å². The summed E-state index contributed by atoms with van der Waals surface area (Å²) >= 11 is 0. The molecule has 3 aromatic carbocycles. The molecule has 13 heteroatoms. The van der Waals surface area contributed by atoms with Gasteiger partial charge in [0.1, 0.15) is 29.3 Å². The number of hydrogen-bond acceptors (Lipinski definition) is 10. The second-order valence-electron chi connectivity index (χ2n) is 10.9. The van der Waals surface area contributed by atoms with Gasteiger partial charge in [-0.1, -0.05) is 54.6 Å². The third-order valence-corrected chi connectivity index (χ3v) is 8.13. The molecule has 2 heterocycles. The number of esters is 1. The fourth-order valence-corrected chi connectivity index (χ4v) is 5.79. The van der Waals surface area contributed by atoms with Crippen LogP contribution in [0.4, 0.5) is 0 Å². The molecule has 13 nitrogen and oxygen atoms in total. The van der Waals surface area contributed by atoms with Crippen LogP contribution in [-0.2, 0) is 34.1 Å². The normalized spacial score (nSPS) is 19.1. The summed E-state index contributed by atoms with van der Waals surface area (Å²) in [6.07, 6.45) is -3.92. The van der Waals surface area contributed by atoms with E-state index in [1.165, 1.54) is 13.3 Å². The van der Waals surface area contributed by atoms with Gasteiger partial charge in [0.2, 0.25) is 0 Å². The lowest BCUT2D eigenvalue weighted by Crippen LogP contribution is -2.43. The predicted molar refractivity (Wildman–Crippen MR) is 171 cm³/mol. The molecule has 1 aliphatic rings. The minimum absolute atomic E-state index is 0.196. The van der Waals surface area contributed by atoms with Gasteiger partial charge in [-0.25, -0.2) is 4.79 Å². The third-order valence-electron chi connectivity index (χ3n) is 8.13. The first kappa shape index (κ1) is 34.1. The third kappa shape index (κ3) is 7.18. The second-order valence-corrected chi connectivity index (χ2v) is 10.9. The quantitative estimate of drug-likeness (QED) is 0.151. The SMILES string of the molecule is COc1ccc(C(OC[C@H]2O[C@@H](n3ccc(=O)[nH]c3=O)[C@H](OC)[C@@H]2OC(=O)CCC(=O)O)(c2ccccc2)c2ccc(OC)cc2)cc1. The highest BCUT2D eigenvalue weighted by Crippen LogP contribution is 2.43. The Kier molecular flexibility index (Phi) is 10.7. The summed E-state index contributed by atoms with van der Waals surface area (Å²) in [6.45, 7) is -0.196. The van der Waals surface area contributed by atoms with Crippen LogP contribution >= 0.6 is 0 Å². The fraction of sp³-hybridized carbons (Fsp3) is 0.314. The number of H-pyrrole nitrogens is 1. The maximum absolute atomic E-state index is 12.9. The second kappa shape index (κ2) is 15.1. The van der Waals surface area contributed by atoms with Gasteiger partial charge in [-0.15, -0.1) is 0 Å². The number of ether oxygens (including phenoxy) is 6. The molecular weight excluding hydrogens is 624 g/mol. The number of nitrogens with one attached hydrogen (secondary N) is 1. The van der Waals surface area contributed by atoms with Crippen LogP contribution in [-0.4, -0.2) is 72.8 Å². The summed E-state index contributed by atoms with van der Waals surface area (Å²) in [5.74, 6) is -0.686. The van der Waals surface area contributed by atoms with Crippen LogP contribution in [0.3, 0.4) is 0 Å². The number of carbonyl (C=O) groups excluding carboxylic acids is 1. The zero-order valence-corrected chi connectivity index (χ0v) is 26.6. The van der Waals surface area contributed by atoms with Crippen LogP contribution in [0.2, 0.25) is 0 Å². The molecule has 1 saturated heterocycles. The first-order chi connectivity index (χ1) is 23.2. The molecule has 0 amide bonds. The van der Waals surface area contributed by atoms with E-state index in [-0.39, 0.29) is 6.61 Å². The van der Waals surface area contributed by atoms with Crippen LogP contribution < -0.4 is 20.7 Å². The molecule has 48 heavy (non-hydrogen) atoms. The molecule has 4 aromatic rings. The maximum Gasteiger partial charge on any atom is 0.330 e. The number of aromatic amines is 1. The number of carboxylic acids is 1. The van der Waals surface area contributed by atoms with Crippen molar-refractivity contribution in [1.82, 2.24) is 9.55 Å². The highest BCUT2D eigenvalue weighted by atomic mass is 16.6. The van der Waals surface area contributed by atoms with E-state index in [1.807, 2.05) is 78.9 Å². The van der Waals surface area contributed by atoms with E-state index in [2.05, 4.69) is 4.98 Å². The summed E-state index contributed by atoms with van der Waals surface area (Å²) in [4.78, 5) is 50.9. The lowest BCUT2D eigenvalue weighted by Gasteiger charge is -2.37. The van der Waals surface area contributed by atoms with E-state index in [0.29, 0.717) is 11.5 Å². The van der Waals surface area contributed by atoms with Crippen molar-refractivity contribution in [3.63, 3.8) is 0 Å².